The molecule has 4 N–H and O–H groups in total. The van der Waals surface area contributed by atoms with Crippen molar-refractivity contribution < 1.29 is 20.1 Å². The first-order chi connectivity index (χ1) is 28.0. The van der Waals surface area contributed by atoms with E-state index in [0.717, 1.165) is 32.1 Å². The number of aliphatic hydroxyl groups is 3. The number of allylic oxidation sites excluding steroid dienone is 5. The first-order valence-electron chi connectivity index (χ1n) is 25.3. The van der Waals surface area contributed by atoms with E-state index in [2.05, 4.69) is 43.5 Å². The number of amides is 1. The average Bonchev–Trinajstić information content (AvgIpc) is 3.20. The standard InChI is InChI=1S/C52H99NO4/c1-3-5-7-9-11-13-14-15-16-17-18-19-20-21-22-23-24-25-26-27-28-29-30-31-32-33-34-35-36-38-39-41-43-45-49(55)47-52(57)53-50(48-54)51(56)46-44-42-40-37-12-10-8-6-4-2/h20-21,23-24,44,46,49-51,54-56H,3-19,22,25-43,45,47-48H2,1-2H3,(H,53,57)/b21-20-,24-23-,46-44+. The molecular formula is C52H99NO4. The molecule has 0 aliphatic carbocycles. The highest BCUT2D eigenvalue weighted by molar-refractivity contribution is 5.76. The van der Waals surface area contributed by atoms with E-state index in [4.69, 9.17) is 0 Å². The van der Waals surface area contributed by atoms with E-state index < -0.39 is 18.2 Å². The Morgan fingerprint density at radius 1 is 0.456 bits per heavy atom. The van der Waals surface area contributed by atoms with Crippen LogP contribution in [0.25, 0.3) is 0 Å². The first kappa shape index (κ1) is 55.6. The lowest BCUT2D eigenvalue weighted by Crippen LogP contribution is -2.45. The molecule has 0 aromatic carbocycles. The fourth-order valence-corrected chi connectivity index (χ4v) is 7.78. The minimum absolute atomic E-state index is 0.0143. The van der Waals surface area contributed by atoms with Crippen molar-refractivity contribution in [2.24, 2.45) is 0 Å². The van der Waals surface area contributed by atoms with Crippen LogP contribution < -0.4 is 5.32 Å². The molecular weight excluding hydrogens is 703 g/mol. The second-order valence-corrected chi connectivity index (χ2v) is 17.4. The van der Waals surface area contributed by atoms with Crippen molar-refractivity contribution in [3.05, 3.63) is 36.5 Å². The summed E-state index contributed by atoms with van der Waals surface area (Å²) in [4.78, 5) is 12.4. The van der Waals surface area contributed by atoms with Gasteiger partial charge in [-0.1, -0.05) is 243 Å². The van der Waals surface area contributed by atoms with Crippen molar-refractivity contribution in [2.75, 3.05) is 6.61 Å². The Hall–Kier alpha value is -1.43. The molecule has 5 nitrogen and oxygen atoms in total. The maximum absolute atomic E-state index is 12.4. The molecule has 5 heteroatoms. The summed E-state index contributed by atoms with van der Waals surface area (Å²) in [6, 6.07) is -0.741. The topological polar surface area (TPSA) is 89.8 Å². The summed E-state index contributed by atoms with van der Waals surface area (Å²) in [5, 5.41) is 33.1. The predicted molar refractivity (Wildman–Crippen MR) is 250 cm³/mol. The number of carbonyl (C=O) groups is 1. The number of unbranched alkanes of at least 4 members (excludes halogenated alkanes) is 33. The molecule has 0 radical (unpaired) electrons. The van der Waals surface area contributed by atoms with Gasteiger partial charge in [-0.05, 0) is 51.4 Å². The molecule has 336 valence electrons. The van der Waals surface area contributed by atoms with Crippen LogP contribution in [0.5, 0.6) is 0 Å². The van der Waals surface area contributed by atoms with Crippen molar-refractivity contribution in [2.45, 2.75) is 283 Å². The van der Waals surface area contributed by atoms with E-state index in [0.29, 0.717) is 6.42 Å². The first-order valence-corrected chi connectivity index (χ1v) is 25.3. The van der Waals surface area contributed by atoms with E-state index in [1.807, 2.05) is 6.08 Å². The van der Waals surface area contributed by atoms with Gasteiger partial charge >= 0.3 is 0 Å². The summed E-state index contributed by atoms with van der Waals surface area (Å²) < 4.78 is 0. The van der Waals surface area contributed by atoms with Crippen LogP contribution >= 0.6 is 0 Å². The van der Waals surface area contributed by atoms with Crippen LogP contribution in [0.1, 0.15) is 264 Å². The number of hydrogen-bond donors (Lipinski definition) is 4. The van der Waals surface area contributed by atoms with E-state index in [9.17, 15) is 20.1 Å². The fourth-order valence-electron chi connectivity index (χ4n) is 7.78. The summed E-state index contributed by atoms with van der Waals surface area (Å²) >= 11 is 0. The Morgan fingerprint density at radius 2 is 0.789 bits per heavy atom. The Bertz CT molecular complexity index is 885. The van der Waals surface area contributed by atoms with Gasteiger partial charge in [-0.15, -0.1) is 0 Å². The van der Waals surface area contributed by atoms with Gasteiger partial charge in [0.15, 0.2) is 0 Å². The fraction of sp³-hybridized carbons (Fsp3) is 0.865. The molecule has 0 bridgehead atoms. The summed E-state index contributed by atoms with van der Waals surface area (Å²) in [5.74, 6) is -0.317. The third-order valence-corrected chi connectivity index (χ3v) is 11.7. The normalized spacial score (nSPS) is 13.7. The second-order valence-electron chi connectivity index (χ2n) is 17.4. The van der Waals surface area contributed by atoms with Crippen molar-refractivity contribution in [3.63, 3.8) is 0 Å². The van der Waals surface area contributed by atoms with Gasteiger partial charge in [0.2, 0.25) is 5.91 Å². The van der Waals surface area contributed by atoms with Gasteiger partial charge in [0.1, 0.15) is 0 Å². The molecule has 57 heavy (non-hydrogen) atoms. The molecule has 0 aromatic heterocycles. The SMILES string of the molecule is CCCCCCCCC/C=C/C(O)C(CO)NC(=O)CC(O)CCCCCCCCCCCCCCCCC/C=C\C/C=C\CCCCCCCCCCCCC. The summed E-state index contributed by atoms with van der Waals surface area (Å²) in [5.41, 5.74) is 0. The van der Waals surface area contributed by atoms with E-state index in [1.165, 1.54) is 205 Å². The summed E-state index contributed by atoms with van der Waals surface area (Å²) in [7, 11) is 0. The van der Waals surface area contributed by atoms with Crippen molar-refractivity contribution in [3.8, 4) is 0 Å². The van der Waals surface area contributed by atoms with Gasteiger partial charge in [-0.25, -0.2) is 0 Å². The molecule has 0 aliphatic heterocycles. The van der Waals surface area contributed by atoms with E-state index in [1.54, 1.807) is 6.08 Å². The number of hydrogen-bond acceptors (Lipinski definition) is 4. The Balaban J connectivity index is 3.48. The van der Waals surface area contributed by atoms with Gasteiger partial charge in [-0.2, -0.15) is 0 Å². The number of nitrogens with one attached hydrogen (secondary N) is 1. The van der Waals surface area contributed by atoms with Crippen LogP contribution in [0, 0.1) is 0 Å². The molecule has 1 amide bonds. The quantitative estimate of drug-likeness (QED) is 0.0365. The van der Waals surface area contributed by atoms with Gasteiger partial charge < -0.3 is 20.6 Å². The van der Waals surface area contributed by atoms with Crippen LogP contribution in [0.3, 0.4) is 0 Å². The Labute approximate surface area is 355 Å². The van der Waals surface area contributed by atoms with Gasteiger partial charge in [0.05, 0.1) is 31.3 Å². The second kappa shape index (κ2) is 47.3. The van der Waals surface area contributed by atoms with Crippen LogP contribution in [0.2, 0.25) is 0 Å². The molecule has 0 aliphatic rings. The Morgan fingerprint density at radius 3 is 1.16 bits per heavy atom. The van der Waals surface area contributed by atoms with Crippen molar-refractivity contribution in [1.29, 1.82) is 0 Å². The van der Waals surface area contributed by atoms with Crippen LogP contribution in [0.15, 0.2) is 36.5 Å². The summed E-state index contributed by atoms with van der Waals surface area (Å²) in [6.07, 6.45) is 60.5. The molecule has 0 aromatic rings. The zero-order valence-electron chi connectivity index (χ0n) is 38.2. The van der Waals surface area contributed by atoms with Gasteiger partial charge in [0.25, 0.3) is 0 Å². The molecule has 0 rings (SSSR count). The highest BCUT2D eigenvalue weighted by atomic mass is 16.3. The van der Waals surface area contributed by atoms with Crippen LogP contribution in [0.4, 0.5) is 0 Å². The zero-order valence-corrected chi connectivity index (χ0v) is 38.2. The van der Waals surface area contributed by atoms with Gasteiger partial charge in [-0.3, -0.25) is 4.79 Å². The summed E-state index contributed by atoms with van der Waals surface area (Å²) in [6.45, 7) is 4.19. The number of aliphatic hydroxyl groups excluding tert-OH is 3. The molecule has 0 saturated carbocycles. The van der Waals surface area contributed by atoms with E-state index in [-0.39, 0.29) is 18.9 Å². The highest BCUT2D eigenvalue weighted by Crippen LogP contribution is 2.16. The van der Waals surface area contributed by atoms with Crippen molar-refractivity contribution in [1.82, 2.24) is 5.32 Å². The molecule has 3 atom stereocenters. The Kier molecular flexibility index (Phi) is 46.1. The monoisotopic (exact) mass is 802 g/mol. The molecule has 3 unspecified atom stereocenters. The lowest BCUT2D eigenvalue weighted by molar-refractivity contribution is -0.124. The lowest BCUT2D eigenvalue weighted by Gasteiger charge is -2.21. The molecule has 0 saturated heterocycles. The molecule has 0 fully saturated rings. The smallest absolute Gasteiger partial charge is 0.222 e. The molecule has 0 heterocycles. The largest absolute Gasteiger partial charge is 0.394 e. The van der Waals surface area contributed by atoms with Crippen molar-refractivity contribution >= 4 is 5.91 Å². The highest BCUT2D eigenvalue weighted by Gasteiger charge is 2.20. The minimum atomic E-state index is -0.926. The molecule has 0 spiro atoms. The lowest BCUT2D eigenvalue weighted by atomic mass is 10.0. The maximum atomic E-state index is 12.4. The third kappa shape index (κ3) is 44.0. The zero-order chi connectivity index (χ0) is 41.5. The van der Waals surface area contributed by atoms with E-state index >= 15 is 0 Å². The van der Waals surface area contributed by atoms with Gasteiger partial charge in [0, 0.05) is 0 Å². The maximum Gasteiger partial charge on any atom is 0.222 e. The predicted octanol–water partition coefficient (Wildman–Crippen LogP) is 15.1. The third-order valence-electron chi connectivity index (χ3n) is 11.7. The van der Waals surface area contributed by atoms with Crippen LogP contribution in [-0.4, -0.2) is 46.1 Å². The number of rotatable bonds is 46. The van der Waals surface area contributed by atoms with Crippen LogP contribution in [-0.2, 0) is 4.79 Å². The minimum Gasteiger partial charge on any atom is -0.394 e. The average molecular weight is 802 g/mol. The number of carbonyl (C=O) groups excluding carboxylic acids is 1.